The Labute approximate surface area is 235 Å². The van der Waals surface area contributed by atoms with Crippen molar-refractivity contribution >= 4 is 10.9 Å². The highest BCUT2D eigenvalue weighted by Gasteiger charge is 2.50. The van der Waals surface area contributed by atoms with E-state index in [4.69, 9.17) is 4.74 Å². The van der Waals surface area contributed by atoms with Crippen molar-refractivity contribution in [2.45, 2.75) is 56.3 Å². The number of nitrogens with one attached hydrogen (secondary N) is 1. The molecule has 2 saturated carbocycles. The van der Waals surface area contributed by atoms with Gasteiger partial charge in [0.2, 0.25) is 0 Å². The number of aromatic amines is 1. The maximum Gasteiger partial charge on any atom is 0.418 e. The standard InChI is InChI=1S/C30H33F3N6O2/c1-37-17-34-36-28(37)29(11-23(12-29)41-2)20-4-3-5-22(9-20)39-16-25(30(31,32)33)24-10-21(35-26(24)27(39)40)15-38-13-18-6-7-19(8-18)14-38/h3-5,9-10,16-19,23,35H,6-8,11-15H2,1-2H3. The van der Waals surface area contributed by atoms with E-state index in [1.807, 2.05) is 17.7 Å². The van der Waals surface area contributed by atoms with Gasteiger partial charge in [-0.2, -0.15) is 13.2 Å². The molecule has 2 unspecified atom stereocenters. The van der Waals surface area contributed by atoms with Crippen molar-refractivity contribution < 1.29 is 17.9 Å². The smallest absolute Gasteiger partial charge is 0.381 e. The molecule has 1 aliphatic heterocycles. The molecule has 8 nitrogen and oxygen atoms in total. The number of ether oxygens (including phenoxy) is 1. The molecule has 2 bridgehead atoms. The number of nitrogens with zero attached hydrogens (tertiary/aromatic N) is 5. The molecular weight excluding hydrogens is 533 g/mol. The van der Waals surface area contributed by atoms with E-state index in [0.29, 0.717) is 42.6 Å². The highest BCUT2D eigenvalue weighted by atomic mass is 19.4. The molecule has 4 aromatic rings. The van der Waals surface area contributed by atoms with Crippen LogP contribution in [0.15, 0.2) is 47.7 Å². The van der Waals surface area contributed by atoms with Gasteiger partial charge in [-0.25, -0.2) is 0 Å². The Morgan fingerprint density at radius 2 is 1.90 bits per heavy atom. The van der Waals surface area contributed by atoms with Crippen molar-refractivity contribution in [3.05, 3.63) is 75.9 Å². The summed E-state index contributed by atoms with van der Waals surface area (Å²) in [5.41, 5.74) is -0.0207. The molecule has 1 N–H and O–H groups in total. The Morgan fingerprint density at radius 1 is 1.15 bits per heavy atom. The Morgan fingerprint density at radius 3 is 2.56 bits per heavy atom. The Hall–Kier alpha value is -3.44. The van der Waals surface area contributed by atoms with E-state index in [9.17, 15) is 18.0 Å². The molecule has 4 heterocycles. The average molecular weight is 567 g/mol. The van der Waals surface area contributed by atoms with Gasteiger partial charge in [0.1, 0.15) is 17.7 Å². The van der Waals surface area contributed by atoms with E-state index in [1.54, 1.807) is 31.6 Å². The number of piperidine rings is 1. The summed E-state index contributed by atoms with van der Waals surface area (Å²) in [5.74, 6) is 2.07. The third kappa shape index (κ3) is 4.41. The molecule has 2 atom stereocenters. The minimum atomic E-state index is -4.63. The third-order valence-corrected chi connectivity index (χ3v) is 9.54. The van der Waals surface area contributed by atoms with Gasteiger partial charge in [-0.05, 0) is 67.7 Å². The number of alkyl halides is 3. The molecule has 0 radical (unpaired) electrons. The van der Waals surface area contributed by atoms with Crippen LogP contribution in [0.2, 0.25) is 0 Å². The van der Waals surface area contributed by atoms with Crippen molar-refractivity contribution in [3.8, 4) is 5.69 Å². The quantitative estimate of drug-likeness (QED) is 0.363. The molecular formula is C30H33F3N6O2. The lowest BCUT2D eigenvalue weighted by Gasteiger charge is -2.46. The lowest BCUT2D eigenvalue weighted by Crippen LogP contribution is -2.48. The molecule has 2 aliphatic carbocycles. The monoisotopic (exact) mass is 566 g/mol. The number of H-pyrrole nitrogens is 1. The van der Waals surface area contributed by atoms with E-state index < -0.39 is 22.7 Å². The number of aromatic nitrogens is 5. The van der Waals surface area contributed by atoms with E-state index >= 15 is 0 Å². The van der Waals surface area contributed by atoms with Crippen molar-refractivity contribution in [1.29, 1.82) is 0 Å². The SMILES string of the molecule is COC1CC(c2cccc(-n3cc(C(F)(F)F)c4cc(CN5CC6CCC(C6)C5)[nH]c4c3=O)c2)(c2nncn2C)C1. The predicted molar refractivity (Wildman–Crippen MR) is 147 cm³/mol. The summed E-state index contributed by atoms with van der Waals surface area (Å²) in [4.78, 5) is 19.1. The maximum atomic E-state index is 14.4. The van der Waals surface area contributed by atoms with Crippen LogP contribution >= 0.6 is 0 Å². The van der Waals surface area contributed by atoms with Gasteiger partial charge in [-0.3, -0.25) is 14.3 Å². The van der Waals surface area contributed by atoms with Gasteiger partial charge in [0.05, 0.1) is 17.1 Å². The van der Waals surface area contributed by atoms with Crippen LogP contribution in [-0.2, 0) is 29.9 Å². The minimum Gasteiger partial charge on any atom is -0.381 e. The van der Waals surface area contributed by atoms with Crippen molar-refractivity contribution in [3.63, 3.8) is 0 Å². The zero-order chi connectivity index (χ0) is 28.5. The zero-order valence-electron chi connectivity index (χ0n) is 23.1. The fourth-order valence-electron chi connectivity index (χ4n) is 7.56. The predicted octanol–water partition coefficient (Wildman–Crippen LogP) is 4.79. The van der Waals surface area contributed by atoms with Crippen LogP contribution in [0.5, 0.6) is 0 Å². The number of methoxy groups -OCH3 is 1. The van der Waals surface area contributed by atoms with E-state index in [-0.39, 0.29) is 17.0 Å². The third-order valence-electron chi connectivity index (χ3n) is 9.54. The van der Waals surface area contributed by atoms with Crippen LogP contribution in [0.1, 0.15) is 54.7 Å². The van der Waals surface area contributed by atoms with Gasteiger partial charge in [0.25, 0.3) is 5.56 Å². The number of rotatable bonds is 6. The fraction of sp³-hybridized carbons (Fsp3) is 0.500. The first-order chi connectivity index (χ1) is 19.6. The first-order valence-electron chi connectivity index (χ1n) is 14.2. The number of pyridine rings is 1. The second kappa shape index (κ2) is 9.55. The second-order valence-corrected chi connectivity index (χ2v) is 12.2. The van der Waals surface area contributed by atoms with Crippen molar-refractivity contribution in [1.82, 2.24) is 29.2 Å². The number of hydrogen-bond acceptors (Lipinski definition) is 5. The molecule has 0 spiro atoms. The summed E-state index contributed by atoms with van der Waals surface area (Å²) in [5, 5.41) is 8.33. The molecule has 3 aliphatic rings. The normalized spacial score (nSPS) is 26.5. The summed E-state index contributed by atoms with van der Waals surface area (Å²) < 4.78 is 51.7. The summed E-state index contributed by atoms with van der Waals surface area (Å²) in [6.45, 7) is 2.41. The average Bonchev–Trinajstić information content (AvgIpc) is 3.62. The first kappa shape index (κ1) is 26.5. The molecule has 0 amide bonds. The number of fused-ring (bicyclic) bond motifs is 3. The molecule has 7 rings (SSSR count). The number of likely N-dealkylation sites (tertiary alicyclic amines) is 1. The first-order valence-corrected chi connectivity index (χ1v) is 14.2. The molecule has 41 heavy (non-hydrogen) atoms. The van der Waals surface area contributed by atoms with E-state index in [1.165, 1.54) is 25.3 Å². The number of benzene rings is 1. The van der Waals surface area contributed by atoms with Crippen LogP contribution in [0.3, 0.4) is 0 Å². The zero-order valence-corrected chi connectivity index (χ0v) is 23.1. The highest BCUT2D eigenvalue weighted by Crippen LogP contribution is 2.49. The topological polar surface area (TPSA) is 81.0 Å². The van der Waals surface area contributed by atoms with E-state index in [2.05, 4.69) is 20.1 Å². The van der Waals surface area contributed by atoms with Crippen LogP contribution in [-0.4, -0.2) is 55.5 Å². The summed E-state index contributed by atoms with van der Waals surface area (Å²) in [7, 11) is 3.53. The van der Waals surface area contributed by atoms with Gasteiger partial charge >= 0.3 is 6.18 Å². The van der Waals surface area contributed by atoms with Crippen molar-refractivity contribution in [2.75, 3.05) is 20.2 Å². The molecule has 1 aromatic carbocycles. The lowest BCUT2D eigenvalue weighted by atomic mass is 9.62. The van der Waals surface area contributed by atoms with Crippen LogP contribution in [0.4, 0.5) is 13.2 Å². The number of aryl methyl sites for hydroxylation is 1. The maximum absolute atomic E-state index is 14.4. The van der Waals surface area contributed by atoms with Crippen molar-refractivity contribution in [2.24, 2.45) is 18.9 Å². The molecule has 11 heteroatoms. The molecule has 3 aromatic heterocycles. The van der Waals surface area contributed by atoms with Crippen LogP contribution in [0.25, 0.3) is 16.6 Å². The Bertz CT molecular complexity index is 1650. The number of halogens is 3. The highest BCUT2D eigenvalue weighted by molar-refractivity contribution is 5.84. The fourth-order valence-corrected chi connectivity index (χ4v) is 7.56. The van der Waals surface area contributed by atoms with Gasteiger partial charge in [-0.1, -0.05) is 12.1 Å². The van der Waals surface area contributed by atoms with Gasteiger partial charge < -0.3 is 14.3 Å². The minimum absolute atomic E-state index is 0.0219. The van der Waals surface area contributed by atoms with Gasteiger partial charge in [0.15, 0.2) is 0 Å². The lowest BCUT2D eigenvalue weighted by molar-refractivity contribution is -0.136. The van der Waals surface area contributed by atoms with Crippen LogP contribution in [0, 0.1) is 11.8 Å². The molecule has 1 saturated heterocycles. The van der Waals surface area contributed by atoms with Gasteiger partial charge in [0, 0.05) is 56.8 Å². The molecule has 3 fully saturated rings. The second-order valence-electron chi connectivity index (χ2n) is 12.2. The summed E-state index contributed by atoms with van der Waals surface area (Å²) >= 11 is 0. The van der Waals surface area contributed by atoms with Gasteiger partial charge in [-0.15, -0.1) is 10.2 Å². The summed E-state index contributed by atoms with van der Waals surface area (Å²) in [6, 6.07) is 8.68. The largest absolute Gasteiger partial charge is 0.418 e. The van der Waals surface area contributed by atoms with E-state index in [0.717, 1.165) is 35.2 Å². The molecule has 216 valence electrons. The summed E-state index contributed by atoms with van der Waals surface area (Å²) in [6.07, 6.45) is 2.96. The number of hydrogen-bond donors (Lipinski definition) is 1. The Balaban J connectivity index is 1.30. The Kier molecular flexibility index (Phi) is 6.17. The van der Waals surface area contributed by atoms with Crippen LogP contribution < -0.4 is 5.56 Å².